The normalized spacial score (nSPS) is 11.4. The number of hydrogen-bond acceptors (Lipinski definition) is 5. The maximum Gasteiger partial charge on any atom is 0.234 e. The maximum atomic E-state index is 12.0. The molecule has 0 radical (unpaired) electrons. The molecule has 0 heterocycles. The highest BCUT2D eigenvalue weighted by molar-refractivity contribution is 7.90. The average molecular weight is 405 g/mol. The van der Waals surface area contributed by atoms with Crippen LogP contribution in [0.5, 0.6) is 5.75 Å². The van der Waals surface area contributed by atoms with E-state index in [0.29, 0.717) is 32.0 Å². The van der Waals surface area contributed by atoms with Gasteiger partial charge in [-0.1, -0.05) is 36.4 Å². The summed E-state index contributed by atoms with van der Waals surface area (Å²) in [6.07, 6.45) is 2.72. The number of nitrogens with zero attached hydrogens (tertiary/aromatic N) is 1. The van der Waals surface area contributed by atoms with Gasteiger partial charge >= 0.3 is 0 Å². The Kier molecular flexibility index (Phi) is 8.47. The molecular weight excluding hydrogens is 376 g/mol. The van der Waals surface area contributed by atoms with E-state index < -0.39 is 9.84 Å². The third kappa shape index (κ3) is 8.10. The van der Waals surface area contributed by atoms with E-state index in [4.69, 9.17) is 4.74 Å². The van der Waals surface area contributed by atoms with Crippen LogP contribution < -0.4 is 10.1 Å². The molecule has 152 valence electrons. The highest BCUT2D eigenvalue weighted by atomic mass is 32.2. The highest BCUT2D eigenvalue weighted by Crippen LogP contribution is 2.17. The second kappa shape index (κ2) is 10.8. The van der Waals surface area contributed by atoms with Gasteiger partial charge in [-0.2, -0.15) is 0 Å². The maximum absolute atomic E-state index is 12.0. The van der Waals surface area contributed by atoms with Crippen molar-refractivity contribution < 1.29 is 17.9 Å². The molecule has 0 aromatic heterocycles. The van der Waals surface area contributed by atoms with Crippen LogP contribution in [0.1, 0.15) is 12.0 Å². The molecule has 0 fully saturated rings. The molecule has 0 unspecified atom stereocenters. The standard InChI is InChI=1S/C21H28N2O4S/c1-23(17-21(24)22-13-12-18-8-4-3-5-9-18)14-7-15-27-19-10-6-11-20(16-19)28(2,25)26/h3-6,8-11,16H,7,12-15,17H2,1-2H3,(H,22,24). The van der Waals surface area contributed by atoms with Crippen LogP contribution in [0, 0.1) is 0 Å². The molecule has 0 spiro atoms. The smallest absolute Gasteiger partial charge is 0.234 e. The Bertz CT molecular complexity index is 854. The van der Waals surface area contributed by atoms with Crippen molar-refractivity contribution in [1.29, 1.82) is 0 Å². The van der Waals surface area contributed by atoms with E-state index in [2.05, 4.69) is 5.32 Å². The van der Waals surface area contributed by atoms with Gasteiger partial charge in [0, 0.05) is 19.3 Å². The number of hydrogen-bond donors (Lipinski definition) is 1. The van der Waals surface area contributed by atoms with Gasteiger partial charge in [0.05, 0.1) is 18.0 Å². The average Bonchev–Trinajstić information content (AvgIpc) is 2.66. The summed E-state index contributed by atoms with van der Waals surface area (Å²) >= 11 is 0. The van der Waals surface area contributed by atoms with Gasteiger partial charge in [-0.05, 0) is 43.7 Å². The van der Waals surface area contributed by atoms with Crippen molar-refractivity contribution in [2.24, 2.45) is 0 Å². The minimum absolute atomic E-state index is 0.000188. The van der Waals surface area contributed by atoms with E-state index in [9.17, 15) is 13.2 Å². The Morgan fingerprint density at radius 2 is 1.86 bits per heavy atom. The summed E-state index contributed by atoms with van der Waals surface area (Å²) in [6, 6.07) is 16.5. The monoisotopic (exact) mass is 404 g/mol. The largest absolute Gasteiger partial charge is 0.494 e. The van der Waals surface area contributed by atoms with E-state index in [-0.39, 0.29) is 10.8 Å². The molecule has 0 aliphatic carbocycles. The zero-order valence-corrected chi connectivity index (χ0v) is 17.2. The van der Waals surface area contributed by atoms with Crippen molar-refractivity contribution in [2.75, 3.05) is 39.5 Å². The molecule has 28 heavy (non-hydrogen) atoms. The van der Waals surface area contributed by atoms with E-state index in [1.807, 2.05) is 42.3 Å². The summed E-state index contributed by atoms with van der Waals surface area (Å²) in [7, 11) is -1.35. The molecule has 0 saturated heterocycles. The summed E-state index contributed by atoms with van der Waals surface area (Å²) in [5.41, 5.74) is 1.20. The number of benzene rings is 2. The summed E-state index contributed by atoms with van der Waals surface area (Å²) in [5.74, 6) is 0.532. The Morgan fingerprint density at radius 1 is 1.11 bits per heavy atom. The molecule has 2 aromatic carbocycles. The van der Waals surface area contributed by atoms with Crippen molar-refractivity contribution in [3.63, 3.8) is 0 Å². The Morgan fingerprint density at radius 3 is 2.57 bits per heavy atom. The van der Waals surface area contributed by atoms with Gasteiger partial charge in [-0.25, -0.2) is 8.42 Å². The predicted molar refractivity (Wildman–Crippen MR) is 110 cm³/mol. The number of amides is 1. The summed E-state index contributed by atoms with van der Waals surface area (Å²) in [5, 5.41) is 2.93. The first-order chi connectivity index (χ1) is 13.3. The van der Waals surface area contributed by atoms with Crippen LogP contribution in [0.15, 0.2) is 59.5 Å². The van der Waals surface area contributed by atoms with Gasteiger partial charge in [-0.15, -0.1) is 0 Å². The predicted octanol–water partition coefficient (Wildman–Crippen LogP) is 2.15. The van der Waals surface area contributed by atoms with E-state index in [0.717, 1.165) is 12.8 Å². The second-order valence-electron chi connectivity index (χ2n) is 6.77. The summed E-state index contributed by atoms with van der Waals surface area (Å²) < 4.78 is 28.7. The highest BCUT2D eigenvalue weighted by Gasteiger charge is 2.09. The van der Waals surface area contributed by atoms with Gasteiger partial charge in [0.25, 0.3) is 0 Å². The van der Waals surface area contributed by atoms with Gasteiger partial charge in [0.15, 0.2) is 9.84 Å². The van der Waals surface area contributed by atoms with Crippen LogP contribution in [0.2, 0.25) is 0 Å². The molecule has 2 rings (SSSR count). The first-order valence-corrected chi connectivity index (χ1v) is 11.2. The molecule has 0 bridgehead atoms. The van der Waals surface area contributed by atoms with Gasteiger partial charge < -0.3 is 10.1 Å². The van der Waals surface area contributed by atoms with Crippen LogP contribution >= 0.6 is 0 Å². The Labute approximate surface area is 167 Å². The molecule has 6 nitrogen and oxygen atoms in total. The molecule has 2 aromatic rings. The number of likely N-dealkylation sites (N-methyl/N-ethyl adjacent to an activating group) is 1. The summed E-state index contributed by atoms with van der Waals surface area (Å²) in [4.78, 5) is 14.2. The number of carbonyl (C=O) groups is 1. The zero-order chi connectivity index (χ0) is 20.4. The SMILES string of the molecule is CN(CCCOc1cccc(S(C)(=O)=O)c1)CC(=O)NCCc1ccccc1. The number of sulfone groups is 1. The molecule has 0 saturated carbocycles. The quantitative estimate of drug-likeness (QED) is 0.581. The van der Waals surface area contributed by atoms with Crippen molar-refractivity contribution in [1.82, 2.24) is 10.2 Å². The Balaban J connectivity index is 1.62. The molecule has 0 aliphatic rings. The van der Waals surface area contributed by atoms with Gasteiger partial charge in [0.1, 0.15) is 5.75 Å². The number of rotatable bonds is 11. The lowest BCUT2D eigenvalue weighted by atomic mass is 10.1. The third-order valence-electron chi connectivity index (χ3n) is 4.18. The molecule has 1 amide bonds. The number of carbonyl (C=O) groups excluding carboxylic acids is 1. The lowest BCUT2D eigenvalue weighted by Crippen LogP contribution is -2.36. The van der Waals surface area contributed by atoms with Crippen LogP contribution in [-0.2, 0) is 21.1 Å². The molecule has 0 aliphatic heterocycles. The molecular formula is C21H28N2O4S. The van der Waals surface area contributed by atoms with Crippen molar-refractivity contribution in [3.8, 4) is 5.75 Å². The fraction of sp³-hybridized carbons (Fsp3) is 0.381. The van der Waals surface area contributed by atoms with Gasteiger partial charge in [0.2, 0.25) is 5.91 Å². The van der Waals surface area contributed by atoms with E-state index in [1.165, 1.54) is 17.9 Å². The minimum Gasteiger partial charge on any atom is -0.494 e. The third-order valence-corrected chi connectivity index (χ3v) is 5.29. The van der Waals surface area contributed by atoms with Crippen LogP contribution in [0.3, 0.4) is 0 Å². The first kappa shape index (κ1) is 21.9. The van der Waals surface area contributed by atoms with Crippen LogP contribution in [0.25, 0.3) is 0 Å². The van der Waals surface area contributed by atoms with Crippen molar-refractivity contribution in [2.45, 2.75) is 17.7 Å². The molecule has 1 N–H and O–H groups in total. The lowest BCUT2D eigenvalue weighted by Gasteiger charge is -2.16. The Hall–Kier alpha value is -2.38. The lowest BCUT2D eigenvalue weighted by molar-refractivity contribution is -0.121. The van der Waals surface area contributed by atoms with Crippen molar-refractivity contribution in [3.05, 3.63) is 60.2 Å². The second-order valence-corrected chi connectivity index (χ2v) is 8.79. The zero-order valence-electron chi connectivity index (χ0n) is 16.4. The summed E-state index contributed by atoms with van der Waals surface area (Å²) in [6.45, 7) is 2.11. The minimum atomic E-state index is -3.24. The van der Waals surface area contributed by atoms with E-state index in [1.54, 1.807) is 18.2 Å². The van der Waals surface area contributed by atoms with Crippen LogP contribution in [0.4, 0.5) is 0 Å². The van der Waals surface area contributed by atoms with Crippen LogP contribution in [-0.4, -0.2) is 58.8 Å². The first-order valence-electron chi connectivity index (χ1n) is 9.27. The van der Waals surface area contributed by atoms with E-state index >= 15 is 0 Å². The number of nitrogens with one attached hydrogen (secondary N) is 1. The molecule has 0 atom stereocenters. The van der Waals surface area contributed by atoms with Gasteiger partial charge in [-0.3, -0.25) is 9.69 Å². The molecule has 7 heteroatoms. The number of ether oxygens (including phenoxy) is 1. The van der Waals surface area contributed by atoms with Crippen molar-refractivity contribution >= 4 is 15.7 Å². The topological polar surface area (TPSA) is 75.7 Å². The fourth-order valence-corrected chi connectivity index (χ4v) is 3.35. The fourth-order valence-electron chi connectivity index (χ4n) is 2.69.